The number of aliphatic hydroxyl groups excluding tert-OH is 1. The SMILES string of the molecule is CCCCC/C=C\C/C=C\CCCCCCCC(=O)OC[C@H](COP(=O)(O)OC[C@H](O)COP(=O)(O)OC[C@@H](COC(=O)CCCCCCCCCCCCCCCCC)OC(=O)CCCCCCC/C=C\CCCCCCCC)OC(=O)CCCCCCCCCCCCCCCCCCC. The van der Waals surface area contributed by atoms with Crippen LogP contribution in [-0.2, 0) is 65.4 Å². The molecule has 102 heavy (non-hydrogen) atoms. The highest BCUT2D eigenvalue weighted by molar-refractivity contribution is 7.47. The van der Waals surface area contributed by atoms with E-state index in [-0.39, 0.29) is 25.7 Å². The van der Waals surface area contributed by atoms with Crippen LogP contribution in [0.2, 0.25) is 0 Å². The van der Waals surface area contributed by atoms with Crippen LogP contribution in [0.4, 0.5) is 0 Å². The summed E-state index contributed by atoms with van der Waals surface area (Å²) in [5, 5.41) is 10.7. The first-order valence-corrected chi connectivity index (χ1v) is 45.2. The third kappa shape index (κ3) is 75.5. The van der Waals surface area contributed by atoms with Crippen molar-refractivity contribution < 1.29 is 80.2 Å². The molecule has 0 aliphatic heterocycles. The number of hydrogen-bond donors (Lipinski definition) is 3. The van der Waals surface area contributed by atoms with E-state index in [1.165, 1.54) is 205 Å². The predicted molar refractivity (Wildman–Crippen MR) is 418 cm³/mol. The van der Waals surface area contributed by atoms with Crippen LogP contribution >= 0.6 is 15.6 Å². The van der Waals surface area contributed by atoms with Crippen LogP contribution in [0.25, 0.3) is 0 Å². The maximum atomic E-state index is 13.1. The van der Waals surface area contributed by atoms with Gasteiger partial charge in [-0.05, 0) is 83.5 Å². The number of hydrogen-bond acceptors (Lipinski definition) is 15. The van der Waals surface area contributed by atoms with Gasteiger partial charge in [0.25, 0.3) is 0 Å². The lowest BCUT2D eigenvalue weighted by Crippen LogP contribution is -2.30. The minimum Gasteiger partial charge on any atom is -0.462 e. The molecule has 0 amide bonds. The van der Waals surface area contributed by atoms with Crippen molar-refractivity contribution in [1.29, 1.82) is 0 Å². The molecule has 0 radical (unpaired) electrons. The predicted octanol–water partition coefficient (Wildman–Crippen LogP) is 24.7. The van der Waals surface area contributed by atoms with Crippen molar-refractivity contribution in [3.63, 3.8) is 0 Å². The zero-order chi connectivity index (χ0) is 74.6. The molecule has 19 heteroatoms. The van der Waals surface area contributed by atoms with Crippen molar-refractivity contribution in [2.75, 3.05) is 39.6 Å². The Morgan fingerprint density at radius 3 is 0.755 bits per heavy atom. The minimum atomic E-state index is -4.97. The molecule has 0 aromatic rings. The molecule has 0 saturated heterocycles. The Morgan fingerprint density at radius 2 is 0.480 bits per heavy atom. The zero-order valence-corrected chi connectivity index (χ0v) is 67.6. The van der Waals surface area contributed by atoms with E-state index in [0.29, 0.717) is 25.7 Å². The Bertz CT molecular complexity index is 2070. The Kier molecular flexibility index (Phi) is 74.4. The number of ether oxygens (including phenoxy) is 4. The molecule has 0 aromatic heterocycles. The monoisotopic (exact) mass is 1490 g/mol. The number of carbonyl (C=O) groups is 4. The third-order valence-electron chi connectivity index (χ3n) is 18.6. The van der Waals surface area contributed by atoms with Crippen molar-refractivity contribution >= 4 is 39.5 Å². The third-order valence-corrected chi connectivity index (χ3v) is 20.5. The van der Waals surface area contributed by atoms with Gasteiger partial charge in [0.2, 0.25) is 0 Å². The molecule has 5 atom stereocenters. The number of rotatable bonds is 81. The molecule has 0 bridgehead atoms. The van der Waals surface area contributed by atoms with E-state index in [2.05, 4.69) is 64.2 Å². The van der Waals surface area contributed by atoms with Gasteiger partial charge in [-0.25, -0.2) is 9.13 Å². The van der Waals surface area contributed by atoms with E-state index >= 15 is 0 Å². The second-order valence-electron chi connectivity index (χ2n) is 28.8. The second-order valence-corrected chi connectivity index (χ2v) is 31.7. The molecule has 0 heterocycles. The smallest absolute Gasteiger partial charge is 0.462 e. The normalized spacial score (nSPS) is 14.0. The van der Waals surface area contributed by atoms with Crippen LogP contribution in [0.3, 0.4) is 0 Å². The van der Waals surface area contributed by atoms with Crippen LogP contribution in [0.1, 0.15) is 413 Å². The summed E-state index contributed by atoms with van der Waals surface area (Å²) >= 11 is 0. The lowest BCUT2D eigenvalue weighted by molar-refractivity contribution is -0.161. The molecule has 17 nitrogen and oxygen atoms in total. The van der Waals surface area contributed by atoms with E-state index in [4.69, 9.17) is 37.0 Å². The van der Waals surface area contributed by atoms with Gasteiger partial charge >= 0.3 is 39.5 Å². The van der Waals surface area contributed by atoms with E-state index < -0.39 is 97.5 Å². The summed E-state index contributed by atoms with van der Waals surface area (Å²) in [7, 11) is -9.94. The van der Waals surface area contributed by atoms with E-state index in [1.54, 1.807) is 0 Å². The Labute approximate surface area is 624 Å². The molecule has 0 spiro atoms. The molecule has 0 aliphatic rings. The summed E-state index contributed by atoms with van der Waals surface area (Å²) in [4.78, 5) is 73.1. The van der Waals surface area contributed by atoms with Crippen LogP contribution in [-0.4, -0.2) is 96.7 Å². The fourth-order valence-corrected chi connectivity index (χ4v) is 13.7. The first-order valence-electron chi connectivity index (χ1n) is 42.2. The van der Waals surface area contributed by atoms with Gasteiger partial charge in [0.15, 0.2) is 12.2 Å². The molecule has 0 aromatic carbocycles. The van der Waals surface area contributed by atoms with Crippen molar-refractivity contribution in [3.05, 3.63) is 36.5 Å². The largest absolute Gasteiger partial charge is 0.472 e. The Balaban J connectivity index is 5.32. The van der Waals surface area contributed by atoms with E-state index in [9.17, 15) is 43.2 Å². The van der Waals surface area contributed by atoms with Crippen LogP contribution in [0, 0.1) is 0 Å². The van der Waals surface area contributed by atoms with Gasteiger partial charge in [-0.1, -0.05) is 340 Å². The number of unbranched alkanes of at least 4 members (excludes halogenated alkanes) is 49. The molecular formula is C83H156O17P2. The average molecular weight is 1490 g/mol. The van der Waals surface area contributed by atoms with Gasteiger partial charge in [-0.15, -0.1) is 0 Å². The summed E-state index contributed by atoms with van der Waals surface area (Å²) in [6.07, 6.45) is 73.9. The minimum absolute atomic E-state index is 0.0930. The van der Waals surface area contributed by atoms with Gasteiger partial charge in [0, 0.05) is 25.7 Å². The first-order chi connectivity index (χ1) is 49.7. The van der Waals surface area contributed by atoms with Crippen molar-refractivity contribution in [2.45, 2.75) is 431 Å². The van der Waals surface area contributed by atoms with Gasteiger partial charge in [-0.3, -0.25) is 37.3 Å². The number of allylic oxidation sites excluding steroid dienone is 6. The Hall–Kier alpha value is -2.72. The summed E-state index contributed by atoms with van der Waals surface area (Å²) in [5.41, 5.74) is 0. The number of phosphoric acid groups is 2. The second kappa shape index (κ2) is 76.5. The highest BCUT2D eigenvalue weighted by Crippen LogP contribution is 2.45. The molecule has 0 aliphatic carbocycles. The molecule has 0 fully saturated rings. The molecule has 600 valence electrons. The topological polar surface area (TPSA) is 237 Å². The van der Waals surface area contributed by atoms with Crippen LogP contribution in [0.5, 0.6) is 0 Å². The van der Waals surface area contributed by atoms with Crippen LogP contribution < -0.4 is 0 Å². The van der Waals surface area contributed by atoms with Crippen LogP contribution in [0.15, 0.2) is 36.5 Å². The first kappa shape index (κ1) is 99.3. The van der Waals surface area contributed by atoms with Gasteiger partial charge < -0.3 is 33.8 Å². The molecular weight excluding hydrogens is 1330 g/mol. The van der Waals surface area contributed by atoms with Crippen molar-refractivity contribution in [3.8, 4) is 0 Å². The molecule has 0 rings (SSSR count). The van der Waals surface area contributed by atoms with Gasteiger partial charge in [0.1, 0.15) is 19.3 Å². The number of phosphoric ester groups is 2. The Morgan fingerprint density at radius 1 is 0.275 bits per heavy atom. The lowest BCUT2D eigenvalue weighted by atomic mass is 10.0. The fourth-order valence-electron chi connectivity index (χ4n) is 12.1. The van der Waals surface area contributed by atoms with Gasteiger partial charge in [-0.2, -0.15) is 0 Å². The lowest BCUT2D eigenvalue weighted by Gasteiger charge is -2.21. The quantitative estimate of drug-likeness (QED) is 0.0169. The maximum absolute atomic E-state index is 13.1. The summed E-state index contributed by atoms with van der Waals surface area (Å²) in [6, 6.07) is 0. The van der Waals surface area contributed by atoms with Crippen molar-refractivity contribution in [2.24, 2.45) is 0 Å². The highest BCUT2D eigenvalue weighted by atomic mass is 31.2. The standard InChI is InChI=1S/C83H156O17P2/c1-5-9-13-17-21-25-29-33-37-38-42-46-50-54-58-62-66-70-83(88)100-79(74-94-81(86)68-64-60-56-52-48-44-40-35-31-27-23-19-15-11-7-3)76-98-102(91,92)96-72-77(84)71-95-101(89,90)97-75-78(99-82(87)69-65-61-57-53-49-45-41-36-32-28-24-20-16-12-8-4)73-93-80(85)67-63-59-55-51-47-43-39-34-30-26-22-18-14-10-6-2/h23,27,35-36,40-41,77-79,84H,5-22,24-26,28-34,37-39,42-76H2,1-4H3,(H,89,90)(H,91,92)/b27-23-,40-35-,41-36-/t77-,78-,79-/m1/s1. The fraction of sp³-hybridized carbons (Fsp3) is 0.880. The highest BCUT2D eigenvalue weighted by Gasteiger charge is 2.30. The summed E-state index contributed by atoms with van der Waals surface area (Å²) in [5.74, 6) is -2.15. The van der Waals surface area contributed by atoms with Gasteiger partial charge in [0.05, 0.1) is 26.4 Å². The van der Waals surface area contributed by atoms with E-state index in [1.807, 2.05) is 0 Å². The number of esters is 4. The molecule has 2 unspecified atom stereocenters. The average Bonchev–Trinajstić information content (AvgIpc) is 1.12. The van der Waals surface area contributed by atoms with Crippen molar-refractivity contribution in [1.82, 2.24) is 0 Å². The number of carbonyl (C=O) groups excluding carboxylic acids is 4. The molecule has 3 N–H and O–H groups in total. The maximum Gasteiger partial charge on any atom is 0.472 e. The zero-order valence-electron chi connectivity index (χ0n) is 65.8. The summed E-state index contributed by atoms with van der Waals surface area (Å²) < 4.78 is 68.8. The molecule has 0 saturated carbocycles. The van der Waals surface area contributed by atoms with E-state index in [0.717, 1.165) is 128 Å². The number of aliphatic hydroxyl groups is 1. The summed E-state index contributed by atoms with van der Waals surface area (Å²) in [6.45, 7) is 4.95.